The van der Waals surface area contributed by atoms with E-state index in [1.54, 1.807) is 19.2 Å². The molecule has 0 saturated carbocycles. The molecule has 1 atom stereocenters. The van der Waals surface area contributed by atoms with Crippen molar-refractivity contribution in [3.63, 3.8) is 0 Å². The number of hydrogen-bond donors (Lipinski definition) is 1. The Bertz CT molecular complexity index is 327. The highest BCUT2D eigenvalue weighted by molar-refractivity contribution is 5.22. The molecule has 0 aliphatic rings. The highest BCUT2D eigenvalue weighted by Gasteiger charge is 2.10. The van der Waals surface area contributed by atoms with Gasteiger partial charge in [0.2, 0.25) is 0 Å². The Morgan fingerprint density at radius 3 is 2.39 bits per heavy atom. The molecule has 1 N–H and O–H groups in total. The Labute approximate surface area is 108 Å². The molecule has 0 aliphatic heterocycles. The molecule has 3 nitrogen and oxygen atoms in total. The van der Waals surface area contributed by atoms with Gasteiger partial charge in [-0.05, 0) is 36.7 Å². The fourth-order valence-electron chi connectivity index (χ4n) is 1.56. The Hall–Kier alpha value is -1.13. The largest absolute Gasteiger partial charge is 0.487 e. The summed E-state index contributed by atoms with van der Waals surface area (Å²) in [7, 11) is 1.64. The van der Waals surface area contributed by atoms with Crippen LogP contribution in [-0.4, -0.2) is 32.9 Å². The van der Waals surface area contributed by atoms with Crippen LogP contribution in [0.4, 0.5) is 4.39 Å². The monoisotopic (exact) mass is 255 g/mol. The minimum atomic E-state index is -0.261. The smallest absolute Gasteiger partial charge is 0.134 e. The van der Waals surface area contributed by atoms with Gasteiger partial charge in [-0.15, -0.1) is 0 Å². The lowest BCUT2D eigenvalue weighted by Crippen LogP contribution is -2.36. The second-order valence-electron chi connectivity index (χ2n) is 4.70. The maximum Gasteiger partial charge on any atom is 0.134 e. The van der Waals surface area contributed by atoms with E-state index in [1.807, 2.05) is 0 Å². The van der Waals surface area contributed by atoms with Gasteiger partial charge in [0.05, 0.1) is 6.61 Å². The molecule has 4 heteroatoms. The Kier molecular flexibility index (Phi) is 6.68. The normalized spacial score (nSPS) is 12.7. The predicted octanol–water partition coefficient (Wildman–Crippen LogP) is 2.47. The Morgan fingerprint density at radius 1 is 1.17 bits per heavy atom. The molecule has 102 valence electrons. The summed E-state index contributed by atoms with van der Waals surface area (Å²) in [4.78, 5) is 0. The van der Waals surface area contributed by atoms with Crippen LogP contribution in [0.3, 0.4) is 0 Å². The number of halogens is 1. The van der Waals surface area contributed by atoms with Crippen molar-refractivity contribution in [2.45, 2.75) is 20.0 Å². The lowest BCUT2D eigenvalue weighted by atomic mass is 10.2. The van der Waals surface area contributed by atoms with E-state index in [1.165, 1.54) is 12.1 Å². The second-order valence-corrected chi connectivity index (χ2v) is 4.70. The molecule has 0 fully saturated rings. The van der Waals surface area contributed by atoms with Gasteiger partial charge in [-0.2, -0.15) is 0 Å². The summed E-state index contributed by atoms with van der Waals surface area (Å²) in [5.74, 6) is 0.993. The SMILES string of the molecule is COCC(CNCC(C)C)Oc1ccc(F)cc1. The molecule has 0 saturated heterocycles. The van der Waals surface area contributed by atoms with Crippen LogP contribution in [0.25, 0.3) is 0 Å². The molecule has 0 aromatic heterocycles. The van der Waals surface area contributed by atoms with Crippen LogP contribution < -0.4 is 10.1 Å². The van der Waals surface area contributed by atoms with Crippen LogP contribution in [-0.2, 0) is 4.74 Å². The van der Waals surface area contributed by atoms with Crippen molar-refractivity contribution in [2.24, 2.45) is 5.92 Å². The van der Waals surface area contributed by atoms with Crippen LogP contribution in [0.5, 0.6) is 5.75 Å². The topological polar surface area (TPSA) is 30.5 Å². The third-order valence-corrected chi connectivity index (χ3v) is 2.39. The van der Waals surface area contributed by atoms with Crippen LogP contribution in [0, 0.1) is 11.7 Å². The number of ether oxygens (including phenoxy) is 2. The van der Waals surface area contributed by atoms with E-state index in [4.69, 9.17) is 9.47 Å². The van der Waals surface area contributed by atoms with E-state index in [0.29, 0.717) is 24.8 Å². The molecular formula is C14H22FNO2. The summed E-state index contributed by atoms with van der Waals surface area (Å²) in [6.45, 7) is 6.46. The quantitative estimate of drug-likeness (QED) is 0.774. The first-order valence-corrected chi connectivity index (χ1v) is 6.23. The third kappa shape index (κ3) is 5.98. The van der Waals surface area contributed by atoms with Gasteiger partial charge in [-0.3, -0.25) is 0 Å². The first-order chi connectivity index (χ1) is 8.61. The van der Waals surface area contributed by atoms with Gasteiger partial charge in [0.25, 0.3) is 0 Å². The van der Waals surface area contributed by atoms with Gasteiger partial charge >= 0.3 is 0 Å². The average molecular weight is 255 g/mol. The van der Waals surface area contributed by atoms with E-state index in [2.05, 4.69) is 19.2 Å². The van der Waals surface area contributed by atoms with Crippen LogP contribution >= 0.6 is 0 Å². The average Bonchev–Trinajstić information content (AvgIpc) is 2.32. The molecule has 18 heavy (non-hydrogen) atoms. The first kappa shape index (κ1) is 14.9. The maximum absolute atomic E-state index is 12.8. The van der Waals surface area contributed by atoms with Crippen molar-refractivity contribution in [2.75, 3.05) is 26.8 Å². The zero-order valence-corrected chi connectivity index (χ0v) is 11.3. The van der Waals surface area contributed by atoms with Crippen molar-refractivity contribution >= 4 is 0 Å². The molecule has 0 radical (unpaired) electrons. The zero-order valence-electron chi connectivity index (χ0n) is 11.3. The molecule has 0 amide bonds. The van der Waals surface area contributed by atoms with Gasteiger partial charge in [-0.1, -0.05) is 13.8 Å². The molecule has 1 aromatic rings. The molecule has 0 aliphatic carbocycles. The number of benzene rings is 1. The summed E-state index contributed by atoms with van der Waals surface area (Å²) < 4.78 is 23.6. The van der Waals surface area contributed by atoms with Gasteiger partial charge < -0.3 is 14.8 Å². The highest BCUT2D eigenvalue weighted by atomic mass is 19.1. The van der Waals surface area contributed by atoms with Gasteiger partial charge in [0.1, 0.15) is 17.7 Å². The summed E-state index contributed by atoms with van der Waals surface area (Å²) in [5.41, 5.74) is 0. The fraction of sp³-hybridized carbons (Fsp3) is 0.571. The van der Waals surface area contributed by atoms with Gasteiger partial charge in [0.15, 0.2) is 0 Å². The summed E-state index contributed by atoms with van der Waals surface area (Å²) in [6.07, 6.45) is -0.0702. The standard InChI is InChI=1S/C14H22FNO2/c1-11(2)8-16-9-14(10-17-3)18-13-6-4-12(15)5-7-13/h4-7,11,14,16H,8-10H2,1-3H3. The lowest BCUT2D eigenvalue weighted by molar-refractivity contribution is 0.0802. The van der Waals surface area contributed by atoms with Crippen molar-refractivity contribution in [3.05, 3.63) is 30.1 Å². The van der Waals surface area contributed by atoms with Crippen molar-refractivity contribution < 1.29 is 13.9 Å². The van der Waals surface area contributed by atoms with Crippen LogP contribution in [0.1, 0.15) is 13.8 Å². The van der Waals surface area contributed by atoms with E-state index < -0.39 is 0 Å². The third-order valence-electron chi connectivity index (χ3n) is 2.39. The summed E-state index contributed by atoms with van der Waals surface area (Å²) >= 11 is 0. The van der Waals surface area contributed by atoms with Gasteiger partial charge in [0, 0.05) is 13.7 Å². The molecular weight excluding hydrogens is 233 g/mol. The van der Waals surface area contributed by atoms with Gasteiger partial charge in [-0.25, -0.2) is 4.39 Å². The lowest BCUT2D eigenvalue weighted by Gasteiger charge is -2.19. The molecule has 0 heterocycles. The summed E-state index contributed by atoms with van der Waals surface area (Å²) in [5, 5.41) is 3.32. The Morgan fingerprint density at radius 2 is 1.83 bits per heavy atom. The fourth-order valence-corrected chi connectivity index (χ4v) is 1.56. The number of rotatable bonds is 8. The molecule has 0 spiro atoms. The number of hydrogen-bond acceptors (Lipinski definition) is 3. The number of methoxy groups -OCH3 is 1. The first-order valence-electron chi connectivity index (χ1n) is 6.23. The predicted molar refractivity (Wildman–Crippen MR) is 70.4 cm³/mol. The van der Waals surface area contributed by atoms with E-state index in [-0.39, 0.29) is 11.9 Å². The molecule has 0 bridgehead atoms. The highest BCUT2D eigenvalue weighted by Crippen LogP contribution is 2.13. The zero-order chi connectivity index (χ0) is 13.4. The maximum atomic E-state index is 12.8. The van der Waals surface area contributed by atoms with Crippen LogP contribution in [0.2, 0.25) is 0 Å². The van der Waals surface area contributed by atoms with Crippen molar-refractivity contribution in [1.82, 2.24) is 5.32 Å². The van der Waals surface area contributed by atoms with E-state index in [9.17, 15) is 4.39 Å². The minimum Gasteiger partial charge on any atom is -0.487 e. The van der Waals surface area contributed by atoms with Crippen molar-refractivity contribution in [1.29, 1.82) is 0 Å². The molecule has 1 rings (SSSR count). The molecule has 1 aromatic carbocycles. The Balaban J connectivity index is 2.43. The van der Waals surface area contributed by atoms with E-state index in [0.717, 1.165) is 6.54 Å². The number of nitrogens with one attached hydrogen (secondary N) is 1. The summed E-state index contributed by atoms with van der Waals surface area (Å²) in [6, 6.07) is 6.03. The minimum absolute atomic E-state index is 0.0702. The molecule has 1 unspecified atom stereocenters. The van der Waals surface area contributed by atoms with Crippen molar-refractivity contribution in [3.8, 4) is 5.75 Å². The van der Waals surface area contributed by atoms with E-state index >= 15 is 0 Å². The second kappa shape index (κ2) is 8.06. The van der Waals surface area contributed by atoms with Crippen LogP contribution in [0.15, 0.2) is 24.3 Å².